The summed E-state index contributed by atoms with van der Waals surface area (Å²) in [6, 6.07) is 16.8. The zero-order valence-electron chi connectivity index (χ0n) is 18.8. The Morgan fingerprint density at radius 2 is 1.71 bits per heavy atom. The van der Waals surface area contributed by atoms with Gasteiger partial charge in [-0.3, -0.25) is 9.59 Å². The van der Waals surface area contributed by atoms with Gasteiger partial charge in [0.15, 0.2) is 0 Å². The van der Waals surface area contributed by atoms with E-state index in [0.29, 0.717) is 32.5 Å². The van der Waals surface area contributed by atoms with Gasteiger partial charge in [-0.25, -0.2) is 0 Å². The number of nitrogens with zero attached hydrogens (tertiary/aromatic N) is 1. The highest BCUT2D eigenvalue weighted by molar-refractivity contribution is 5.88. The van der Waals surface area contributed by atoms with Gasteiger partial charge in [-0.2, -0.15) is 0 Å². The van der Waals surface area contributed by atoms with Crippen molar-refractivity contribution < 1.29 is 19.1 Å². The number of methoxy groups -OCH3 is 2. The van der Waals surface area contributed by atoms with Crippen LogP contribution in [0.25, 0.3) is 0 Å². The maximum Gasteiger partial charge on any atom is 0.243 e. The number of hydrogen-bond donors (Lipinski definition) is 1. The van der Waals surface area contributed by atoms with Crippen molar-refractivity contribution in [1.82, 2.24) is 10.2 Å². The number of nitrogens with one attached hydrogen (secondary N) is 1. The third-order valence-electron chi connectivity index (χ3n) is 5.07. The fourth-order valence-electron chi connectivity index (χ4n) is 3.38. The standard InChI is InChI=1S/C25H34N2O4/c1-4-9-24(28)27(19-21-12-14-22(31-3)15-13-21)23(18-20-10-6-5-7-11-20)25(29)26-16-8-17-30-2/h5-7,10-15,23H,4,8-9,16-19H2,1-3H3,(H,26,29)/t23-/m1/s1. The highest BCUT2D eigenvalue weighted by Crippen LogP contribution is 2.18. The summed E-state index contributed by atoms with van der Waals surface area (Å²) in [7, 11) is 3.26. The van der Waals surface area contributed by atoms with Crippen molar-refractivity contribution in [3.8, 4) is 5.75 Å². The average Bonchev–Trinajstić information content (AvgIpc) is 2.80. The first kappa shape index (κ1) is 24.4. The van der Waals surface area contributed by atoms with Gasteiger partial charge in [0.2, 0.25) is 11.8 Å². The first-order valence-electron chi connectivity index (χ1n) is 10.8. The van der Waals surface area contributed by atoms with Crippen molar-refractivity contribution in [2.24, 2.45) is 0 Å². The Bertz CT molecular complexity index is 793. The molecule has 0 heterocycles. The lowest BCUT2D eigenvalue weighted by Gasteiger charge is -2.31. The molecule has 1 atom stereocenters. The quantitative estimate of drug-likeness (QED) is 0.497. The molecule has 31 heavy (non-hydrogen) atoms. The fourth-order valence-corrected chi connectivity index (χ4v) is 3.38. The van der Waals surface area contributed by atoms with Gasteiger partial charge in [0, 0.05) is 39.6 Å². The van der Waals surface area contributed by atoms with Gasteiger partial charge < -0.3 is 19.7 Å². The molecule has 0 saturated carbocycles. The topological polar surface area (TPSA) is 67.9 Å². The minimum atomic E-state index is -0.592. The normalized spacial score (nSPS) is 11.6. The summed E-state index contributed by atoms with van der Waals surface area (Å²) in [5.41, 5.74) is 1.97. The van der Waals surface area contributed by atoms with Crippen molar-refractivity contribution >= 4 is 11.8 Å². The molecule has 6 heteroatoms. The fraction of sp³-hybridized carbons (Fsp3) is 0.440. The lowest BCUT2D eigenvalue weighted by Crippen LogP contribution is -2.50. The summed E-state index contributed by atoms with van der Waals surface area (Å²) in [6.45, 7) is 3.43. The predicted octanol–water partition coefficient (Wildman–Crippen LogP) is 3.59. The third kappa shape index (κ3) is 8.06. The number of ether oxygens (including phenoxy) is 2. The highest BCUT2D eigenvalue weighted by Gasteiger charge is 2.29. The molecule has 2 amide bonds. The zero-order chi connectivity index (χ0) is 22.5. The van der Waals surface area contributed by atoms with Crippen molar-refractivity contribution in [3.63, 3.8) is 0 Å². The minimum Gasteiger partial charge on any atom is -0.497 e. The average molecular weight is 427 g/mol. The second-order valence-corrected chi connectivity index (χ2v) is 7.46. The number of rotatable bonds is 13. The Labute approximate surface area is 185 Å². The van der Waals surface area contributed by atoms with Gasteiger partial charge in [-0.05, 0) is 36.1 Å². The van der Waals surface area contributed by atoms with E-state index in [1.807, 2.05) is 61.5 Å². The Balaban J connectivity index is 2.28. The van der Waals surface area contributed by atoms with Gasteiger partial charge in [0.25, 0.3) is 0 Å². The van der Waals surface area contributed by atoms with Crippen molar-refractivity contribution in [1.29, 1.82) is 0 Å². The highest BCUT2D eigenvalue weighted by atomic mass is 16.5. The summed E-state index contributed by atoms with van der Waals surface area (Å²) in [4.78, 5) is 28.0. The largest absolute Gasteiger partial charge is 0.497 e. The summed E-state index contributed by atoms with van der Waals surface area (Å²) in [5, 5.41) is 2.99. The molecule has 0 spiro atoms. The molecule has 0 unspecified atom stereocenters. The molecule has 0 fully saturated rings. The number of carbonyl (C=O) groups excluding carboxylic acids is 2. The number of hydrogen-bond acceptors (Lipinski definition) is 4. The molecule has 0 aliphatic carbocycles. The van der Waals surface area contributed by atoms with Crippen molar-refractivity contribution in [2.45, 2.75) is 45.2 Å². The van der Waals surface area contributed by atoms with Crippen LogP contribution in [0.5, 0.6) is 5.75 Å². The lowest BCUT2D eigenvalue weighted by molar-refractivity contribution is -0.141. The predicted molar refractivity (Wildman–Crippen MR) is 122 cm³/mol. The molecule has 2 aromatic rings. The smallest absolute Gasteiger partial charge is 0.243 e. The summed E-state index contributed by atoms with van der Waals surface area (Å²) >= 11 is 0. The SMILES string of the molecule is CCCC(=O)N(Cc1ccc(OC)cc1)[C@H](Cc1ccccc1)C(=O)NCCCOC. The molecule has 2 rings (SSSR count). The molecule has 1 N–H and O–H groups in total. The van der Waals surface area contributed by atoms with Crippen molar-refractivity contribution in [2.75, 3.05) is 27.4 Å². The van der Waals surface area contributed by atoms with Crippen LogP contribution in [-0.4, -0.2) is 50.1 Å². The second-order valence-electron chi connectivity index (χ2n) is 7.46. The number of amides is 2. The van der Waals surface area contributed by atoms with Crippen LogP contribution in [-0.2, 0) is 27.3 Å². The molecule has 0 aliphatic heterocycles. The van der Waals surface area contributed by atoms with Crippen LogP contribution in [0.15, 0.2) is 54.6 Å². The molecule has 6 nitrogen and oxygen atoms in total. The van der Waals surface area contributed by atoms with E-state index in [9.17, 15) is 9.59 Å². The Kier molecular flexibility index (Phi) is 10.6. The van der Waals surface area contributed by atoms with Gasteiger partial charge >= 0.3 is 0 Å². The van der Waals surface area contributed by atoms with Crippen LogP contribution >= 0.6 is 0 Å². The van der Waals surface area contributed by atoms with Gasteiger partial charge in [-0.1, -0.05) is 49.4 Å². The van der Waals surface area contributed by atoms with E-state index in [4.69, 9.17) is 9.47 Å². The molecule has 0 bridgehead atoms. The van der Waals surface area contributed by atoms with E-state index >= 15 is 0 Å². The molecule has 0 aromatic heterocycles. The van der Waals surface area contributed by atoms with Crippen LogP contribution in [0.4, 0.5) is 0 Å². The first-order chi connectivity index (χ1) is 15.1. The minimum absolute atomic E-state index is 0.0220. The zero-order valence-corrected chi connectivity index (χ0v) is 18.8. The van der Waals surface area contributed by atoms with E-state index in [2.05, 4.69) is 5.32 Å². The van der Waals surface area contributed by atoms with Crippen LogP contribution in [0.3, 0.4) is 0 Å². The van der Waals surface area contributed by atoms with E-state index in [-0.39, 0.29) is 11.8 Å². The van der Waals surface area contributed by atoms with E-state index in [1.54, 1.807) is 19.1 Å². The maximum absolute atomic E-state index is 13.2. The van der Waals surface area contributed by atoms with Gasteiger partial charge in [-0.15, -0.1) is 0 Å². The Hall–Kier alpha value is -2.86. The first-order valence-corrected chi connectivity index (χ1v) is 10.8. The molecular formula is C25H34N2O4. The molecular weight excluding hydrogens is 392 g/mol. The number of carbonyl (C=O) groups is 2. The number of benzene rings is 2. The lowest BCUT2D eigenvalue weighted by atomic mass is 10.0. The summed E-state index contributed by atoms with van der Waals surface area (Å²) < 4.78 is 10.3. The van der Waals surface area contributed by atoms with E-state index < -0.39 is 6.04 Å². The van der Waals surface area contributed by atoms with Gasteiger partial charge in [0.05, 0.1) is 7.11 Å². The Morgan fingerprint density at radius 3 is 2.32 bits per heavy atom. The van der Waals surface area contributed by atoms with Crippen LogP contribution in [0.1, 0.15) is 37.3 Å². The summed E-state index contributed by atoms with van der Waals surface area (Å²) in [6.07, 6.45) is 2.31. The molecule has 0 radical (unpaired) electrons. The summed E-state index contributed by atoms with van der Waals surface area (Å²) in [5.74, 6) is 0.594. The molecule has 2 aromatic carbocycles. The van der Waals surface area contributed by atoms with Crippen LogP contribution in [0.2, 0.25) is 0 Å². The monoisotopic (exact) mass is 426 g/mol. The Morgan fingerprint density at radius 1 is 1.00 bits per heavy atom. The van der Waals surface area contributed by atoms with Crippen LogP contribution < -0.4 is 10.1 Å². The maximum atomic E-state index is 13.2. The molecule has 168 valence electrons. The third-order valence-corrected chi connectivity index (χ3v) is 5.07. The molecule has 0 saturated heterocycles. The molecule has 0 aliphatic rings. The van der Waals surface area contributed by atoms with E-state index in [1.165, 1.54) is 0 Å². The second kappa shape index (κ2) is 13.4. The van der Waals surface area contributed by atoms with Crippen LogP contribution in [0, 0.1) is 0 Å². The van der Waals surface area contributed by atoms with Gasteiger partial charge in [0.1, 0.15) is 11.8 Å². The van der Waals surface area contributed by atoms with E-state index in [0.717, 1.165) is 29.7 Å². The van der Waals surface area contributed by atoms with Crippen molar-refractivity contribution in [3.05, 3.63) is 65.7 Å².